The van der Waals surface area contributed by atoms with E-state index in [9.17, 15) is 57.5 Å². The van der Waals surface area contributed by atoms with Gasteiger partial charge in [0.05, 0.1) is 0 Å². The first-order valence-corrected chi connectivity index (χ1v) is 38.0. The van der Waals surface area contributed by atoms with Gasteiger partial charge in [-0.1, -0.05) is 166 Å². The van der Waals surface area contributed by atoms with Crippen molar-refractivity contribution in [3.8, 4) is 0 Å². The second kappa shape index (κ2) is 42.6. The average Bonchev–Trinajstić information content (AvgIpc) is 1.79. The summed E-state index contributed by atoms with van der Waals surface area (Å²) in [6, 6.07) is -6.49. The van der Waals surface area contributed by atoms with Gasteiger partial charge in [0.2, 0.25) is 70.9 Å². The molecule has 29 heteroatoms. The van der Waals surface area contributed by atoms with Crippen molar-refractivity contribution >= 4 is 82.8 Å². The van der Waals surface area contributed by atoms with Crippen LogP contribution in [0, 0.1) is 47.3 Å². The minimum atomic E-state index is -1.81. The molecule has 3 heterocycles. The van der Waals surface area contributed by atoms with Crippen molar-refractivity contribution in [1.29, 1.82) is 0 Å². The fourth-order valence-electron chi connectivity index (χ4n) is 13.0. The van der Waals surface area contributed by atoms with E-state index in [0.717, 1.165) is 6.42 Å². The Balaban J connectivity index is 1.63. The lowest BCUT2D eigenvalue weighted by Gasteiger charge is -2.34. The van der Waals surface area contributed by atoms with Crippen LogP contribution in [0.3, 0.4) is 0 Å². The van der Waals surface area contributed by atoms with Gasteiger partial charge in [0, 0.05) is 25.9 Å². The molecule has 4 rings (SSSR count). The molecule has 1 aromatic rings. The van der Waals surface area contributed by atoms with Crippen molar-refractivity contribution < 1.29 is 71.9 Å². The minimum Gasteiger partial charge on any atom is -0.458 e. The van der Waals surface area contributed by atoms with E-state index in [1.807, 2.05) is 13.8 Å². The van der Waals surface area contributed by atoms with Crippen molar-refractivity contribution in [1.82, 2.24) is 68.3 Å². The summed E-state index contributed by atoms with van der Waals surface area (Å²) < 4.78 is 5.97. The van der Waals surface area contributed by atoms with Crippen molar-refractivity contribution in [2.45, 2.75) is 280 Å². The van der Waals surface area contributed by atoms with Crippen LogP contribution in [0.1, 0.15) is 201 Å². The van der Waals surface area contributed by atoms with E-state index in [1.54, 1.807) is 113 Å². The fourth-order valence-corrected chi connectivity index (χ4v) is 13.0. The van der Waals surface area contributed by atoms with Gasteiger partial charge in [0.1, 0.15) is 84.3 Å². The highest BCUT2D eigenvalue weighted by Gasteiger charge is 2.45. The molecular formula is C76H124N14O15. The lowest BCUT2D eigenvalue weighted by Crippen LogP contribution is -2.64. The molecule has 1 aromatic carbocycles. The number of rotatable bonds is 31. The SMILES string of the molecule is C/C=C1\NC(=O)[C@H](Cc2ccccc2)NC(=O)[C@@H](C(C)C)NC(=O)[C@@H]([C@@H](C)CC)NC(=O)[C@H](NC(=O)[C@H](NC(=O)[C@H](CCCN)NC(=O)[C@H]2CCCN2C(=O)[C@H](NC(=O)[C@@H](NC(=O)[C@@H]2CCCN2C(=O)[C@H](NC(=O)CCCC(C)C)C(C)C)C(C)C)C(C)C)[C@@H](C)CC)[C@@H](C)OC(=O)[C@H](C(C)C)NC1=O. The largest absolute Gasteiger partial charge is 0.458 e. The van der Waals surface area contributed by atoms with Crippen LogP contribution < -0.4 is 64.2 Å². The van der Waals surface area contributed by atoms with Crippen LogP contribution in [0.4, 0.5) is 0 Å². The lowest BCUT2D eigenvalue weighted by molar-refractivity contribution is -0.157. The molecular weight excluding hydrogens is 1350 g/mol. The zero-order valence-corrected chi connectivity index (χ0v) is 65.3. The molecule has 13 amide bonds. The number of amides is 13. The number of nitrogens with one attached hydrogen (secondary N) is 11. The molecule has 105 heavy (non-hydrogen) atoms. The van der Waals surface area contributed by atoms with E-state index < -0.39 is 191 Å². The predicted octanol–water partition coefficient (Wildman–Crippen LogP) is 2.96. The highest BCUT2D eigenvalue weighted by atomic mass is 16.5. The summed E-state index contributed by atoms with van der Waals surface area (Å²) in [5, 5.41) is 30.4. The third-order valence-electron chi connectivity index (χ3n) is 20.0. The topological polar surface area (TPSA) is 413 Å². The Bertz CT molecular complexity index is 3200. The maximum Gasteiger partial charge on any atom is 0.329 e. The second-order valence-electron chi connectivity index (χ2n) is 30.6. The number of likely N-dealkylation sites (tertiary alicyclic amines) is 2. The second-order valence-corrected chi connectivity index (χ2v) is 30.6. The molecule has 0 unspecified atom stereocenters. The number of cyclic esters (lactones) is 1. The zero-order chi connectivity index (χ0) is 78.9. The van der Waals surface area contributed by atoms with Crippen LogP contribution in [-0.2, 0) is 78.3 Å². The molecule has 3 fully saturated rings. The van der Waals surface area contributed by atoms with Gasteiger partial charge in [0.25, 0.3) is 5.91 Å². The molecule has 0 saturated carbocycles. The van der Waals surface area contributed by atoms with E-state index in [4.69, 9.17) is 10.5 Å². The van der Waals surface area contributed by atoms with Gasteiger partial charge in [-0.3, -0.25) is 62.3 Å². The quantitative estimate of drug-likeness (QED) is 0.0376. The zero-order valence-electron chi connectivity index (χ0n) is 65.3. The summed E-state index contributed by atoms with van der Waals surface area (Å²) in [7, 11) is 0. The number of nitrogens with two attached hydrogens (primary N) is 1. The van der Waals surface area contributed by atoms with Gasteiger partial charge in [-0.25, -0.2) is 4.79 Å². The van der Waals surface area contributed by atoms with Crippen molar-refractivity contribution in [2.75, 3.05) is 19.6 Å². The number of ether oxygens (including phenoxy) is 1. The Morgan fingerprint density at radius 2 is 1.11 bits per heavy atom. The predicted molar refractivity (Wildman–Crippen MR) is 396 cm³/mol. The molecule has 0 aromatic heterocycles. The third-order valence-corrected chi connectivity index (χ3v) is 20.0. The minimum absolute atomic E-state index is 0.0299. The van der Waals surface area contributed by atoms with Crippen LogP contribution in [0.25, 0.3) is 0 Å². The van der Waals surface area contributed by atoms with Crippen molar-refractivity contribution in [3.05, 3.63) is 47.7 Å². The van der Waals surface area contributed by atoms with Gasteiger partial charge in [-0.2, -0.15) is 0 Å². The number of benzene rings is 1. The first-order chi connectivity index (χ1) is 49.4. The maximum absolute atomic E-state index is 15.1. The summed E-state index contributed by atoms with van der Waals surface area (Å²) in [4.78, 5) is 205. The number of carbonyl (C=O) groups is 14. The molecule has 0 bridgehead atoms. The molecule has 0 aliphatic carbocycles. The van der Waals surface area contributed by atoms with Crippen LogP contribution in [-0.4, -0.2) is 191 Å². The van der Waals surface area contributed by atoms with E-state index in [0.29, 0.717) is 43.6 Å². The Hall–Kier alpha value is -8.50. The van der Waals surface area contributed by atoms with Gasteiger partial charge >= 0.3 is 5.97 Å². The number of carbonyl (C=O) groups excluding carboxylic acids is 14. The van der Waals surface area contributed by atoms with E-state index >= 15 is 9.59 Å². The first kappa shape index (κ1) is 88.9. The molecule has 15 atom stereocenters. The number of hydrogen-bond donors (Lipinski definition) is 12. The Labute approximate surface area is 621 Å². The number of esters is 1. The van der Waals surface area contributed by atoms with E-state index in [2.05, 4.69) is 72.3 Å². The number of hydrogen-bond acceptors (Lipinski definition) is 16. The van der Waals surface area contributed by atoms with E-state index in [-0.39, 0.29) is 75.7 Å². The van der Waals surface area contributed by atoms with Crippen LogP contribution >= 0.6 is 0 Å². The van der Waals surface area contributed by atoms with Crippen LogP contribution in [0.15, 0.2) is 42.1 Å². The van der Waals surface area contributed by atoms with Crippen LogP contribution in [0.5, 0.6) is 0 Å². The normalized spacial score (nSPS) is 23.5. The Morgan fingerprint density at radius 3 is 1.63 bits per heavy atom. The fraction of sp³-hybridized carbons (Fsp3) is 0.711. The summed E-state index contributed by atoms with van der Waals surface area (Å²) in [6.07, 6.45) is 3.65. The molecule has 13 N–H and O–H groups in total. The standard InChI is InChI=1S/C76H124N14O15/c1-19-46(16)61(72(100)88-63-48(18)105-76(104)60(45(14)15)85-64(92)50(21-3)78-66(94)52(39-49-30-23-22-24-31-49)80-69(97)56(41(6)7)83-71(99)62(47(17)20-2)87-73(63)101)86-65(93)51(32-26-36-77)79-67(95)53-33-27-37-89(53)75(103)59(44(12)13)84-70(98)57(42(8)9)82-68(96)54-34-28-38-90(54)74(102)58(43(10)11)81-55(91)35-25-29-40(4)5/h21-24,30-31,40-48,51-54,56-63H,19-20,25-29,32-39,77H2,1-18H3,(H,78,94)(H,79,95)(H,80,97)(H,81,91)(H,82,96)(H,83,99)(H,84,98)(H,85,92)(H,86,93)(H,87,101)(H,88,100)/b50-21-/t46-,47-,48+,51-,52-,53+,54-,56+,57-,58+,59+,60-,61+,62+,63+/m0/s1. The molecule has 29 nitrogen and oxygen atoms in total. The Morgan fingerprint density at radius 1 is 0.581 bits per heavy atom. The first-order valence-electron chi connectivity index (χ1n) is 38.0. The lowest BCUT2D eigenvalue weighted by atomic mass is 9.95. The molecule has 3 aliphatic rings. The smallest absolute Gasteiger partial charge is 0.329 e. The average molecular weight is 1470 g/mol. The summed E-state index contributed by atoms with van der Waals surface area (Å²) in [6.45, 7) is 31.4. The molecule has 588 valence electrons. The summed E-state index contributed by atoms with van der Waals surface area (Å²) in [5.74, 6) is -13.7. The van der Waals surface area contributed by atoms with Gasteiger partial charge in [-0.15, -0.1) is 0 Å². The number of nitrogens with zero attached hydrogens (tertiary/aromatic N) is 2. The maximum atomic E-state index is 15.1. The van der Waals surface area contributed by atoms with Gasteiger partial charge in [0.15, 0.2) is 0 Å². The highest BCUT2D eigenvalue weighted by Crippen LogP contribution is 2.25. The molecule has 3 aliphatic heterocycles. The molecule has 0 spiro atoms. The van der Waals surface area contributed by atoms with Gasteiger partial charge < -0.3 is 78.8 Å². The third kappa shape index (κ3) is 25.9. The van der Waals surface area contributed by atoms with Crippen LogP contribution in [0.2, 0.25) is 0 Å². The molecule has 3 saturated heterocycles. The monoisotopic (exact) mass is 1470 g/mol. The summed E-state index contributed by atoms with van der Waals surface area (Å²) in [5.41, 5.74) is 6.37. The Kier molecular flexibility index (Phi) is 36.1. The summed E-state index contributed by atoms with van der Waals surface area (Å²) >= 11 is 0. The van der Waals surface area contributed by atoms with Gasteiger partial charge in [-0.05, 0) is 118 Å². The highest BCUT2D eigenvalue weighted by molar-refractivity contribution is 6.03. The van der Waals surface area contributed by atoms with Crippen molar-refractivity contribution in [3.63, 3.8) is 0 Å². The van der Waals surface area contributed by atoms with E-state index in [1.165, 1.54) is 29.7 Å². The van der Waals surface area contributed by atoms with Crippen molar-refractivity contribution in [2.24, 2.45) is 53.1 Å². The number of allylic oxidation sites excluding steroid dienone is 1. The molecule has 0 radical (unpaired) electrons.